The van der Waals surface area contributed by atoms with Crippen LogP contribution in [0, 0.1) is 6.92 Å². The molecule has 5 aromatic heterocycles. The van der Waals surface area contributed by atoms with E-state index < -0.39 is 0 Å². The molecule has 34 heavy (non-hydrogen) atoms. The van der Waals surface area contributed by atoms with Gasteiger partial charge in [-0.15, -0.1) is 0 Å². The first kappa shape index (κ1) is 20.4. The van der Waals surface area contributed by atoms with Crippen LogP contribution in [-0.4, -0.2) is 23.9 Å². The number of hydrogen-bond donors (Lipinski definition) is 0. The summed E-state index contributed by atoms with van der Waals surface area (Å²) in [6.45, 7) is 2.36. The zero-order chi connectivity index (χ0) is 23.2. The summed E-state index contributed by atoms with van der Waals surface area (Å²) in [5.41, 5.74) is 2.28. The molecule has 1 aromatic carbocycles. The lowest BCUT2D eigenvalue weighted by Crippen LogP contribution is -2.23. The number of furan rings is 1. The molecule has 0 fully saturated rings. The highest BCUT2D eigenvalue weighted by Gasteiger charge is 2.22. The molecular weight excluding hydrogens is 450 g/mol. The van der Waals surface area contributed by atoms with Gasteiger partial charge in [0.1, 0.15) is 5.76 Å². The number of thiazole rings is 1. The van der Waals surface area contributed by atoms with E-state index in [2.05, 4.69) is 4.98 Å². The Morgan fingerprint density at radius 3 is 2.62 bits per heavy atom. The lowest BCUT2D eigenvalue weighted by atomic mass is 10.2. The van der Waals surface area contributed by atoms with Crippen LogP contribution in [0.1, 0.15) is 17.1 Å². The van der Waals surface area contributed by atoms with E-state index in [1.165, 1.54) is 17.4 Å². The number of para-hydroxylation sites is 1. The minimum Gasteiger partial charge on any atom is -0.467 e. The van der Waals surface area contributed by atoms with Crippen LogP contribution in [0.4, 0.5) is 0 Å². The summed E-state index contributed by atoms with van der Waals surface area (Å²) in [5, 5.41) is 1.02. The Morgan fingerprint density at radius 1 is 1.00 bits per heavy atom. The van der Waals surface area contributed by atoms with Crippen molar-refractivity contribution in [3.63, 3.8) is 0 Å². The van der Waals surface area contributed by atoms with Crippen molar-refractivity contribution in [1.29, 1.82) is 0 Å². The molecule has 168 valence electrons. The van der Waals surface area contributed by atoms with Gasteiger partial charge in [0.25, 0.3) is 11.1 Å². The van der Waals surface area contributed by atoms with Crippen molar-refractivity contribution >= 4 is 32.5 Å². The molecule has 0 saturated heterocycles. The Labute approximate surface area is 197 Å². The predicted octanol–water partition coefficient (Wildman–Crippen LogP) is 3.96. The number of hydrogen-bond acceptors (Lipinski definition) is 6. The normalized spacial score (nSPS) is 11.6. The Kier molecular flexibility index (Phi) is 4.77. The molecule has 0 radical (unpaired) electrons. The van der Waals surface area contributed by atoms with Crippen molar-refractivity contribution < 1.29 is 4.42 Å². The molecule has 9 heteroatoms. The quantitative estimate of drug-likeness (QED) is 0.381. The van der Waals surface area contributed by atoms with Gasteiger partial charge in [0.05, 0.1) is 46.2 Å². The molecular formula is C25H19N5O3S. The first-order chi connectivity index (χ1) is 16.6. The molecule has 6 aromatic rings. The van der Waals surface area contributed by atoms with Crippen LogP contribution in [0.15, 0.2) is 87.1 Å². The molecule has 0 spiro atoms. The number of rotatable bonds is 5. The predicted molar refractivity (Wildman–Crippen MR) is 131 cm³/mol. The summed E-state index contributed by atoms with van der Waals surface area (Å²) in [7, 11) is 0. The van der Waals surface area contributed by atoms with Crippen molar-refractivity contribution in [2.75, 3.05) is 0 Å². The highest BCUT2D eigenvalue weighted by molar-refractivity contribution is 7.20. The van der Waals surface area contributed by atoms with E-state index >= 15 is 0 Å². The van der Waals surface area contributed by atoms with E-state index in [1.54, 1.807) is 39.4 Å². The topological polar surface area (TPSA) is 87.9 Å². The van der Waals surface area contributed by atoms with Gasteiger partial charge in [-0.3, -0.25) is 19.3 Å². The van der Waals surface area contributed by atoms with Crippen LogP contribution in [0.5, 0.6) is 0 Å². The molecule has 0 unspecified atom stereocenters. The number of benzene rings is 1. The van der Waals surface area contributed by atoms with Gasteiger partial charge in [0.2, 0.25) is 5.13 Å². The van der Waals surface area contributed by atoms with Crippen LogP contribution in [0.2, 0.25) is 0 Å². The molecule has 0 atom stereocenters. The van der Waals surface area contributed by atoms with Crippen molar-refractivity contribution in [2.45, 2.75) is 20.0 Å². The second-order valence-corrected chi connectivity index (χ2v) is 8.96. The fourth-order valence-electron chi connectivity index (χ4n) is 4.24. The molecule has 8 nitrogen and oxygen atoms in total. The van der Waals surface area contributed by atoms with E-state index in [0.717, 1.165) is 15.9 Å². The Balaban J connectivity index is 1.64. The first-order valence-corrected chi connectivity index (χ1v) is 11.6. The zero-order valence-electron chi connectivity index (χ0n) is 18.2. The lowest BCUT2D eigenvalue weighted by Gasteiger charge is -2.11. The standard InChI is InChI=1S/C25H19N5O3S/c1-16-23-20(13-22(31)28(16)15-18-8-6-12-33-18)29(14-17-7-4-5-11-26-17)30(24(23)32)25-27-19-9-2-3-10-21(19)34-25/h2-13H,14-15H2,1H3. The third kappa shape index (κ3) is 3.29. The molecule has 0 saturated carbocycles. The Hall–Kier alpha value is -4.24. The number of nitrogens with zero attached hydrogens (tertiary/aromatic N) is 5. The summed E-state index contributed by atoms with van der Waals surface area (Å²) in [4.78, 5) is 36.2. The van der Waals surface area contributed by atoms with Gasteiger partial charge in [0, 0.05) is 18.0 Å². The maximum absolute atomic E-state index is 13.9. The maximum Gasteiger partial charge on any atom is 0.283 e. The molecule has 0 bridgehead atoms. The zero-order valence-corrected chi connectivity index (χ0v) is 19.0. The average molecular weight is 470 g/mol. The molecule has 0 N–H and O–H groups in total. The van der Waals surface area contributed by atoms with E-state index in [1.807, 2.05) is 48.5 Å². The summed E-state index contributed by atoms with van der Waals surface area (Å²) >= 11 is 1.43. The Morgan fingerprint density at radius 2 is 1.85 bits per heavy atom. The lowest BCUT2D eigenvalue weighted by molar-refractivity contribution is 0.487. The van der Waals surface area contributed by atoms with Crippen LogP contribution in [-0.2, 0) is 13.1 Å². The number of pyridine rings is 2. The molecule has 6 rings (SSSR count). The molecule has 0 amide bonds. The highest BCUT2D eigenvalue weighted by Crippen LogP contribution is 2.26. The fourth-order valence-corrected chi connectivity index (χ4v) is 5.21. The number of aromatic nitrogens is 5. The van der Waals surface area contributed by atoms with Crippen LogP contribution >= 0.6 is 11.3 Å². The second kappa shape index (κ2) is 7.96. The summed E-state index contributed by atoms with van der Waals surface area (Å²) in [6, 6.07) is 18.5. The summed E-state index contributed by atoms with van der Waals surface area (Å²) in [6.07, 6.45) is 3.28. The SMILES string of the molecule is Cc1c2c(=O)n(-c3nc4ccccc4s3)n(Cc3ccccn3)c2cc(=O)n1Cc1ccco1. The molecule has 5 heterocycles. The van der Waals surface area contributed by atoms with E-state index in [9.17, 15) is 9.59 Å². The van der Waals surface area contributed by atoms with Gasteiger partial charge in [-0.1, -0.05) is 29.5 Å². The minimum atomic E-state index is -0.226. The van der Waals surface area contributed by atoms with Gasteiger partial charge >= 0.3 is 0 Å². The smallest absolute Gasteiger partial charge is 0.283 e. The maximum atomic E-state index is 13.9. The van der Waals surface area contributed by atoms with Crippen molar-refractivity contribution in [1.82, 2.24) is 23.9 Å². The highest BCUT2D eigenvalue weighted by atomic mass is 32.1. The van der Waals surface area contributed by atoms with Crippen LogP contribution in [0.25, 0.3) is 26.3 Å². The van der Waals surface area contributed by atoms with Crippen LogP contribution in [0.3, 0.4) is 0 Å². The van der Waals surface area contributed by atoms with E-state index in [-0.39, 0.29) is 17.7 Å². The van der Waals surface area contributed by atoms with Crippen molar-refractivity contribution in [3.8, 4) is 5.13 Å². The first-order valence-electron chi connectivity index (χ1n) is 10.7. The fraction of sp³-hybridized carbons (Fsp3) is 0.120. The summed E-state index contributed by atoms with van der Waals surface area (Å²) < 4.78 is 11.3. The summed E-state index contributed by atoms with van der Waals surface area (Å²) in [5.74, 6) is 0.643. The number of fused-ring (bicyclic) bond motifs is 2. The van der Waals surface area contributed by atoms with E-state index in [4.69, 9.17) is 9.40 Å². The molecule has 0 aliphatic carbocycles. The van der Waals surface area contributed by atoms with Gasteiger partial charge in [-0.2, -0.15) is 4.68 Å². The van der Waals surface area contributed by atoms with Gasteiger partial charge < -0.3 is 8.98 Å². The Bertz CT molecular complexity index is 1730. The molecule has 0 aliphatic rings. The van der Waals surface area contributed by atoms with Gasteiger partial charge in [-0.05, 0) is 43.3 Å². The third-order valence-corrected chi connectivity index (χ3v) is 6.88. The van der Waals surface area contributed by atoms with Crippen LogP contribution < -0.4 is 11.1 Å². The minimum absolute atomic E-state index is 0.211. The second-order valence-electron chi connectivity index (χ2n) is 7.95. The number of aryl methyl sites for hydroxylation is 1. The monoisotopic (exact) mass is 469 g/mol. The van der Waals surface area contributed by atoms with Crippen molar-refractivity contribution in [2.24, 2.45) is 0 Å². The average Bonchev–Trinajstić information content (AvgIpc) is 3.56. The largest absolute Gasteiger partial charge is 0.467 e. The van der Waals surface area contributed by atoms with E-state index in [0.29, 0.717) is 34.0 Å². The molecule has 0 aliphatic heterocycles. The van der Waals surface area contributed by atoms with Gasteiger partial charge in [0.15, 0.2) is 0 Å². The van der Waals surface area contributed by atoms with Gasteiger partial charge in [-0.25, -0.2) is 4.98 Å². The third-order valence-electron chi connectivity index (χ3n) is 5.87. The van der Waals surface area contributed by atoms with Crippen molar-refractivity contribution in [3.05, 3.63) is 111 Å².